The molecule has 0 saturated carbocycles. The number of sulfonamides is 1. The Kier molecular flexibility index (Phi) is 6.31. The normalized spacial score (nSPS) is 11.6. The van der Waals surface area contributed by atoms with Crippen molar-refractivity contribution in [2.75, 3.05) is 19.8 Å². The van der Waals surface area contributed by atoms with Gasteiger partial charge in [0.05, 0.1) is 11.5 Å². The number of hydrogen-bond donors (Lipinski definition) is 1. The van der Waals surface area contributed by atoms with Gasteiger partial charge in [0.15, 0.2) is 17.4 Å². The van der Waals surface area contributed by atoms with Gasteiger partial charge in [0.2, 0.25) is 10.0 Å². The van der Waals surface area contributed by atoms with Crippen molar-refractivity contribution in [2.24, 2.45) is 5.14 Å². The lowest BCUT2D eigenvalue weighted by Gasteiger charge is -2.10. The van der Waals surface area contributed by atoms with E-state index in [1.54, 1.807) is 0 Å². The zero-order valence-corrected chi connectivity index (χ0v) is 11.9. The molecule has 0 radical (unpaired) electrons. The number of hydrogen-bond acceptors (Lipinski definition) is 4. The molecule has 0 spiro atoms. The summed E-state index contributed by atoms with van der Waals surface area (Å²) < 4.78 is 59.1. The molecule has 1 rings (SSSR count). The number of primary sulfonamides is 1. The van der Waals surface area contributed by atoms with Gasteiger partial charge in [-0.2, -0.15) is 0 Å². The standard InChI is InChI=1S/C12H17F2NO4S/c1-2-3-4-18-5-6-19-12-10(13)7-9(8-11(12)14)20(15,16)17/h7-8H,2-6H2,1H3,(H2,15,16,17). The first-order valence-corrected chi connectivity index (χ1v) is 7.63. The topological polar surface area (TPSA) is 78.6 Å². The molecule has 20 heavy (non-hydrogen) atoms. The molecule has 1 aromatic carbocycles. The minimum Gasteiger partial charge on any atom is -0.485 e. The van der Waals surface area contributed by atoms with Crippen molar-refractivity contribution in [3.8, 4) is 5.75 Å². The summed E-state index contributed by atoms with van der Waals surface area (Å²) in [6, 6.07) is 1.23. The highest BCUT2D eigenvalue weighted by Crippen LogP contribution is 2.24. The lowest BCUT2D eigenvalue weighted by molar-refractivity contribution is 0.0951. The first kappa shape index (κ1) is 16.8. The first-order valence-electron chi connectivity index (χ1n) is 6.08. The quantitative estimate of drug-likeness (QED) is 0.743. The van der Waals surface area contributed by atoms with Crippen LogP contribution in [0.25, 0.3) is 0 Å². The van der Waals surface area contributed by atoms with Crippen LogP contribution in [0.5, 0.6) is 5.75 Å². The van der Waals surface area contributed by atoms with Gasteiger partial charge in [-0.3, -0.25) is 0 Å². The molecule has 0 aromatic heterocycles. The Balaban J connectivity index is 2.63. The van der Waals surface area contributed by atoms with E-state index in [1.807, 2.05) is 6.92 Å². The second-order valence-corrected chi connectivity index (χ2v) is 5.64. The molecular formula is C12H17F2NO4S. The lowest BCUT2D eigenvalue weighted by Crippen LogP contribution is -2.14. The smallest absolute Gasteiger partial charge is 0.238 e. The summed E-state index contributed by atoms with van der Waals surface area (Å²) in [6.45, 7) is 2.72. The molecule has 0 aliphatic rings. The highest BCUT2D eigenvalue weighted by molar-refractivity contribution is 7.89. The number of unbranched alkanes of at least 4 members (excludes halogenated alkanes) is 1. The van der Waals surface area contributed by atoms with Gasteiger partial charge in [0.25, 0.3) is 0 Å². The molecule has 5 nitrogen and oxygen atoms in total. The second kappa shape index (κ2) is 7.51. The molecule has 0 unspecified atom stereocenters. The van der Waals surface area contributed by atoms with Crippen LogP contribution in [0.2, 0.25) is 0 Å². The largest absolute Gasteiger partial charge is 0.485 e. The Bertz CT molecular complexity index is 525. The van der Waals surface area contributed by atoms with Gasteiger partial charge in [-0.25, -0.2) is 22.3 Å². The number of rotatable bonds is 8. The van der Waals surface area contributed by atoms with E-state index in [0.717, 1.165) is 12.8 Å². The third kappa shape index (κ3) is 5.03. The van der Waals surface area contributed by atoms with Crippen molar-refractivity contribution in [1.29, 1.82) is 0 Å². The van der Waals surface area contributed by atoms with Crippen LogP contribution < -0.4 is 9.88 Å². The summed E-state index contributed by atoms with van der Waals surface area (Å²) >= 11 is 0. The maximum absolute atomic E-state index is 13.5. The first-order chi connectivity index (χ1) is 9.36. The summed E-state index contributed by atoms with van der Waals surface area (Å²) in [4.78, 5) is -0.640. The van der Waals surface area contributed by atoms with E-state index in [9.17, 15) is 17.2 Å². The van der Waals surface area contributed by atoms with Crippen molar-refractivity contribution in [1.82, 2.24) is 0 Å². The summed E-state index contributed by atoms with van der Waals surface area (Å²) in [5.74, 6) is -2.89. The van der Waals surface area contributed by atoms with Gasteiger partial charge in [-0.05, 0) is 18.6 Å². The van der Waals surface area contributed by atoms with E-state index in [2.05, 4.69) is 0 Å². The van der Waals surface area contributed by atoms with Gasteiger partial charge in [0, 0.05) is 6.61 Å². The Labute approximate surface area is 116 Å². The van der Waals surface area contributed by atoms with Gasteiger partial charge in [0.1, 0.15) is 6.61 Å². The van der Waals surface area contributed by atoms with Gasteiger partial charge >= 0.3 is 0 Å². The maximum atomic E-state index is 13.5. The molecule has 1 aromatic rings. The molecule has 0 fully saturated rings. The zero-order chi connectivity index (χ0) is 15.2. The minimum absolute atomic E-state index is 0.0354. The Morgan fingerprint density at radius 3 is 2.25 bits per heavy atom. The summed E-state index contributed by atoms with van der Waals surface area (Å²) in [5, 5.41) is 4.79. The van der Waals surface area contributed by atoms with E-state index in [0.29, 0.717) is 18.7 Å². The van der Waals surface area contributed by atoms with Crippen LogP contribution in [0.15, 0.2) is 17.0 Å². The molecule has 114 valence electrons. The molecular weight excluding hydrogens is 292 g/mol. The maximum Gasteiger partial charge on any atom is 0.238 e. The number of nitrogens with two attached hydrogens (primary N) is 1. The predicted octanol–water partition coefficient (Wildman–Crippen LogP) is 1.81. The van der Waals surface area contributed by atoms with E-state index >= 15 is 0 Å². The minimum atomic E-state index is -4.16. The van der Waals surface area contributed by atoms with Crippen molar-refractivity contribution in [3.05, 3.63) is 23.8 Å². The highest BCUT2D eigenvalue weighted by Gasteiger charge is 2.17. The highest BCUT2D eigenvalue weighted by atomic mass is 32.2. The average Bonchev–Trinajstić information content (AvgIpc) is 2.34. The molecule has 2 N–H and O–H groups in total. The summed E-state index contributed by atoms with van der Waals surface area (Å²) in [7, 11) is -4.16. The predicted molar refractivity (Wildman–Crippen MR) is 69.0 cm³/mol. The van der Waals surface area contributed by atoms with Crippen LogP contribution in [-0.2, 0) is 14.8 Å². The molecule has 0 atom stereocenters. The molecule has 8 heteroatoms. The SMILES string of the molecule is CCCCOCCOc1c(F)cc(S(N)(=O)=O)cc1F. The van der Waals surface area contributed by atoms with Crippen LogP contribution in [0.1, 0.15) is 19.8 Å². The Hall–Kier alpha value is -1.25. The molecule has 0 bridgehead atoms. The lowest BCUT2D eigenvalue weighted by atomic mass is 10.3. The molecule has 0 heterocycles. The monoisotopic (exact) mass is 309 g/mol. The number of ether oxygens (including phenoxy) is 2. The molecule has 0 amide bonds. The van der Waals surface area contributed by atoms with Gasteiger partial charge in [-0.15, -0.1) is 0 Å². The van der Waals surface area contributed by atoms with E-state index < -0.39 is 32.3 Å². The fraction of sp³-hybridized carbons (Fsp3) is 0.500. The van der Waals surface area contributed by atoms with Crippen LogP contribution in [0.3, 0.4) is 0 Å². The van der Waals surface area contributed by atoms with Crippen LogP contribution in [-0.4, -0.2) is 28.2 Å². The van der Waals surface area contributed by atoms with Crippen LogP contribution in [0, 0.1) is 11.6 Å². The third-order valence-corrected chi connectivity index (χ3v) is 3.31. The van der Waals surface area contributed by atoms with Gasteiger partial charge < -0.3 is 9.47 Å². The second-order valence-electron chi connectivity index (χ2n) is 4.08. The average molecular weight is 309 g/mol. The molecule has 0 saturated heterocycles. The fourth-order valence-corrected chi connectivity index (χ4v) is 1.93. The van der Waals surface area contributed by atoms with Crippen LogP contribution >= 0.6 is 0 Å². The van der Waals surface area contributed by atoms with Gasteiger partial charge in [-0.1, -0.05) is 13.3 Å². The summed E-state index contributed by atoms with van der Waals surface area (Å²) in [5.41, 5.74) is 0. The van der Waals surface area contributed by atoms with Crippen LogP contribution in [0.4, 0.5) is 8.78 Å². The van der Waals surface area contributed by atoms with Crippen molar-refractivity contribution >= 4 is 10.0 Å². The van der Waals surface area contributed by atoms with E-state index in [1.165, 1.54) is 0 Å². The number of benzene rings is 1. The Morgan fingerprint density at radius 1 is 1.15 bits per heavy atom. The number of halogens is 2. The van der Waals surface area contributed by atoms with E-state index in [4.69, 9.17) is 14.6 Å². The zero-order valence-electron chi connectivity index (χ0n) is 11.1. The molecule has 0 aliphatic heterocycles. The van der Waals surface area contributed by atoms with E-state index in [-0.39, 0.29) is 13.2 Å². The van der Waals surface area contributed by atoms with Crippen molar-refractivity contribution in [2.45, 2.75) is 24.7 Å². The third-order valence-electron chi connectivity index (χ3n) is 2.42. The van der Waals surface area contributed by atoms with Crippen molar-refractivity contribution in [3.63, 3.8) is 0 Å². The fourth-order valence-electron chi connectivity index (χ4n) is 1.39. The molecule has 0 aliphatic carbocycles. The summed E-state index contributed by atoms with van der Waals surface area (Å²) in [6.07, 6.45) is 1.88. The Morgan fingerprint density at radius 2 is 1.75 bits per heavy atom. The van der Waals surface area contributed by atoms with Crippen molar-refractivity contribution < 1.29 is 26.7 Å².